The summed E-state index contributed by atoms with van der Waals surface area (Å²) in [6.45, 7) is 3.82. The highest BCUT2D eigenvalue weighted by molar-refractivity contribution is 8.26. The Morgan fingerprint density at radius 2 is 2.05 bits per heavy atom. The zero-order valence-electron chi connectivity index (χ0n) is 11.4. The average molecular weight is 317 g/mol. The lowest BCUT2D eigenvalue weighted by atomic mass is 10.1. The number of thioether (sulfide) groups is 1. The van der Waals surface area contributed by atoms with E-state index in [-0.39, 0.29) is 11.3 Å². The summed E-state index contributed by atoms with van der Waals surface area (Å²) >= 11 is 6.06. The number of benzene rings is 1. The molecule has 6 heteroatoms. The molecule has 1 amide bonds. The molecule has 0 spiro atoms. The van der Waals surface area contributed by atoms with Gasteiger partial charge in [0.05, 0.1) is 15.9 Å². The molecule has 1 saturated heterocycles. The van der Waals surface area contributed by atoms with Crippen molar-refractivity contribution in [2.45, 2.75) is 13.8 Å². The van der Waals surface area contributed by atoms with E-state index in [9.17, 15) is 9.59 Å². The highest BCUT2D eigenvalue weighted by atomic mass is 32.2. The van der Waals surface area contributed by atoms with Crippen LogP contribution in [0.5, 0.6) is 0 Å². The first kappa shape index (κ1) is 14.0. The summed E-state index contributed by atoms with van der Waals surface area (Å²) in [6.07, 6.45) is 2.90. The molecule has 2 aromatic rings. The fraction of sp³-hybridized carbons (Fsp3) is 0.133. The monoisotopic (exact) mass is 317 g/mol. The number of fused-ring (bicyclic) bond motifs is 1. The molecule has 1 aromatic heterocycles. The SMILES string of the molecule is Cc1cc(C)c2occ(C=C3SC(=S)NC3=O)c(=O)c2c1. The number of rotatable bonds is 1. The molecule has 0 saturated carbocycles. The molecule has 1 aliphatic heterocycles. The predicted octanol–water partition coefficient (Wildman–Crippen LogP) is 2.90. The van der Waals surface area contributed by atoms with E-state index < -0.39 is 0 Å². The summed E-state index contributed by atoms with van der Waals surface area (Å²) in [5.41, 5.74) is 2.67. The van der Waals surface area contributed by atoms with Crippen LogP contribution >= 0.6 is 24.0 Å². The lowest BCUT2D eigenvalue weighted by molar-refractivity contribution is -0.115. The summed E-state index contributed by atoms with van der Waals surface area (Å²) < 4.78 is 5.96. The molecule has 1 aliphatic rings. The number of carbonyl (C=O) groups excluding carboxylic acids is 1. The van der Waals surface area contributed by atoms with E-state index in [4.69, 9.17) is 16.6 Å². The number of carbonyl (C=O) groups is 1. The van der Waals surface area contributed by atoms with E-state index in [2.05, 4.69) is 5.32 Å². The summed E-state index contributed by atoms with van der Waals surface area (Å²) in [5.74, 6) is -0.287. The Morgan fingerprint density at radius 3 is 2.71 bits per heavy atom. The number of nitrogens with one attached hydrogen (secondary N) is 1. The van der Waals surface area contributed by atoms with E-state index >= 15 is 0 Å². The van der Waals surface area contributed by atoms with Gasteiger partial charge in [0.25, 0.3) is 5.91 Å². The van der Waals surface area contributed by atoms with Crippen molar-refractivity contribution in [2.75, 3.05) is 0 Å². The number of amides is 1. The Kier molecular flexibility index (Phi) is 3.43. The lowest BCUT2D eigenvalue weighted by Gasteiger charge is -2.04. The van der Waals surface area contributed by atoms with Crippen LogP contribution in [-0.4, -0.2) is 10.2 Å². The van der Waals surface area contributed by atoms with Gasteiger partial charge in [-0.25, -0.2) is 0 Å². The molecular formula is C15H11NO3S2. The Balaban J connectivity index is 2.20. The van der Waals surface area contributed by atoms with Gasteiger partial charge in [0.15, 0.2) is 5.43 Å². The van der Waals surface area contributed by atoms with E-state index in [1.165, 1.54) is 12.3 Å². The molecule has 0 unspecified atom stereocenters. The minimum Gasteiger partial charge on any atom is -0.463 e. The maximum atomic E-state index is 12.5. The van der Waals surface area contributed by atoms with Crippen LogP contribution in [0.4, 0.5) is 0 Å². The number of hydrogen-bond donors (Lipinski definition) is 1. The van der Waals surface area contributed by atoms with Gasteiger partial charge in [-0.1, -0.05) is 30.0 Å². The van der Waals surface area contributed by atoms with Crippen molar-refractivity contribution in [3.63, 3.8) is 0 Å². The van der Waals surface area contributed by atoms with E-state index in [0.717, 1.165) is 22.9 Å². The molecule has 3 rings (SSSR count). The molecule has 4 nitrogen and oxygen atoms in total. The van der Waals surface area contributed by atoms with Crippen LogP contribution in [0.1, 0.15) is 16.7 Å². The van der Waals surface area contributed by atoms with Gasteiger partial charge in [-0.05, 0) is 37.1 Å². The van der Waals surface area contributed by atoms with Crippen LogP contribution in [0, 0.1) is 13.8 Å². The zero-order valence-corrected chi connectivity index (χ0v) is 13.0. The maximum Gasteiger partial charge on any atom is 0.263 e. The Morgan fingerprint density at radius 1 is 1.29 bits per heavy atom. The van der Waals surface area contributed by atoms with Crippen molar-refractivity contribution in [3.05, 3.63) is 50.2 Å². The first-order valence-corrected chi connectivity index (χ1v) is 7.46. The Bertz CT molecular complexity index is 880. The molecular weight excluding hydrogens is 306 g/mol. The van der Waals surface area contributed by atoms with Gasteiger partial charge in [0.2, 0.25) is 0 Å². The van der Waals surface area contributed by atoms with Crippen LogP contribution < -0.4 is 10.7 Å². The standard InChI is InChI=1S/C15H11NO3S2/c1-7-3-8(2)13-10(4-7)12(17)9(6-19-13)5-11-14(18)16-15(20)21-11/h3-6H,1-2H3,(H,16,18,20). The Labute approximate surface area is 130 Å². The number of thiocarbonyl (C=S) groups is 1. The van der Waals surface area contributed by atoms with Gasteiger partial charge in [0.1, 0.15) is 16.2 Å². The number of aryl methyl sites for hydroxylation is 2. The fourth-order valence-electron chi connectivity index (χ4n) is 2.27. The van der Waals surface area contributed by atoms with Gasteiger partial charge < -0.3 is 9.73 Å². The second-order valence-corrected chi connectivity index (χ2v) is 6.55. The maximum absolute atomic E-state index is 12.5. The minimum atomic E-state index is -0.287. The zero-order chi connectivity index (χ0) is 15.1. The summed E-state index contributed by atoms with van der Waals surface area (Å²) in [5, 5.41) is 3.04. The van der Waals surface area contributed by atoms with E-state index in [0.29, 0.717) is 25.8 Å². The molecule has 0 bridgehead atoms. The molecule has 1 aromatic carbocycles. The summed E-state index contributed by atoms with van der Waals surface area (Å²) in [4.78, 5) is 24.6. The largest absolute Gasteiger partial charge is 0.463 e. The molecule has 0 radical (unpaired) electrons. The van der Waals surface area contributed by atoms with Crippen LogP contribution in [0.25, 0.3) is 17.0 Å². The van der Waals surface area contributed by atoms with Gasteiger partial charge in [0, 0.05) is 0 Å². The van der Waals surface area contributed by atoms with Crippen molar-refractivity contribution in [1.82, 2.24) is 5.32 Å². The first-order chi connectivity index (χ1) is 9.95. The van der Waals surface area contributed by atoms with Crippen LogP contribution in [0.3, 0.4) is 0 Å². The average Bonchev–Trinajstić information content (AvgIpc) is 2.72. The van der Waals surface area contributed by atoms with E-state index in [1.807, 2.05) is 19.9 Å². The van der Waals surface area contributed by atoms with E-state index in [1.54, 1.807) is 6.07 Å². The quantitative estimate of drug-likeness (QED) is 0.647. The lowest BCUT2D eigenvalue weighted by Crippen LogP contribution is -2.17. The predicted molar refractivity (Wildman–Crippen MR) is 88.3 cm³/mol. The normalized spacial score (nSPS) is 16.8. The van der Waals surface area contributed by atoms with Crippen LogP contribution in [-0.2, 0) is 4.79 Å². The van der Waals surface area contributed by atoms with Crippen LogP contribution in [0.15, 0.2) is 32.5 Å². The first-order valence-electron chi connectivity index (χ1n) is 6.23. The topological polar surface area (TPSA) is 59.3 Å². The summed E-state index contributed by atoms with van der Waals surface area (Å²) in [7, 11) is 0. The summed E-state index contributed by atoms with van der Waals surface area (Å²) in [6, 6.07) is 3.75. The van der Waals surface area contributed by atoms with Gasteiger partial charge in [-0.15, -0.1) is 0 Å². The van der Waals surface area contributed by atoms with Crippen molar-refractivity contribution < 1.29 is 9.21 Å². The van der Waals surface area contributed by atoms with Gasteiger partial charge >= 0.3 is 0 Å². The third-order valence-electron chi connectivity index (χ3n) is 3.16. The minimum absolute atomic E-state index is 0.151. The molecule has 1 N–H and O–H groups in total. The third kappa shape index (κ3) is 2.52. The van der Waals surface area contributed by atoms with Gasteiger partial charge in [-0.3, -0.25) is 9.59 Å². The Hall–Kier alpha value is -1.92. The van der Waals surface area contributed by atoms with Crippen LogP contribution in [0.2, 0.25) is 0 Å². The molecule has 2 heterocycles. The molecule has 106 valence electrons. The second-order valence-electron chi connectivity index (χ2n) is 4.83. The van der Waals surface area contributed by atoms with Crippen molar-refractivity contribution in [1.29, 1.82) is 0 Å². The van der Waals surface area contributed by atoms with Crippen molar-refractivity contribution in [2.24, 2.45) is 0 Å². The van der Waals surface area contributed by atoms with Crippen molar-refractivity contribution in [3.8, 4) is 0 Å². The highest BCUT2D eigenvalue weighted by Gasteiger charge is 2.22. The fourth-order valence-corrected chi connectivity index (χ4v) is 3.31. The molecule has 0 aliphatic carbocycles. The molecule has 1 fully saturated rings. The smallest absolute Gasteiger partial charge is 0.263 e. The molecule has 21 heavy (non-hydrogen) atoms. The number of hydrogen-bond acceptors (Lipinski definition) is 5. The highest BCUT2D eigenvalue weighted by Crippen LogP contribution is 2.26. The van der Waals surface area contributed by atoms with Gasteiger partial charge in [-0.2, -0.15) is 0 Å². The third-order valence-corrected chi connectivity index (χ3v) is 4.32. The second kappa shape index (κ2) is 5.13. The van der Waals surface area contributed by atoms with Crippen molar-refractivity contribution >= 4 is 51.3 Å². The molecule has 0 atom stereocenters.